The molecular weight excluding hydrogens is 244 g/mol. The number of nitrogens with one attached hydrogen (secondary N) is 1. The van der Waals surface area contributed by atoms with Gasteiger partial charge in [-0.05, 0) is 18.2 Å². The molecule has 1 aromatic carbocycles. The standard InChI is InChI=1S/C13H10N4O2/c14-10-3-1-2-8(6-10)12-16-13(19-17-12)9-4-5-15-11(18)7-9/h1-7H,14H2,(H,15,18). The van der Waals surface area contributed by atoms with Gasteiger partial charge in [-0.1, -0.05) is 17.3 Å². The molecule has 0 aliphatic rings. The van der Waals surface area contributed by atoms with Crippen LogP contribution in [0.25, 0.3) is 22.8 Å². The van der Waals surface area contributed by atoms with E-state index in [1.807, 2.05) is 12.1 Å². The lowest BCUT2D eigenvalue weighted by molar-refractivity contribution is 0.432. The van der Waals surface area contributed by atoms with Crippen LogP contribution in [-0.2, 0) is 0 Å². The van der Waals surface area contributed by atoms with E-state index < -0.39 is 0 Å². The largest absolute Gasteiger partial charge is 0.399 e. The molecule has 0 aliphatic carbocycles. The maximum Gasteiger partial charge on any atom is 0.258 e. The van der Waals surface area contributed by atoms with Crippen molar-refractivity contribution in [1.29, 1.82) is 0 Å². The Morgan fingerprint density at radius 2 is 2.05 bits per heavy atom. The van der Waals surface area contributed by atoms with Crippen LogP contribution in [0.1, 0.15) is 0 Å². The Hall–Kier alpha value is -2.89. The van der Waals surface area contributed by atoms with Gasteiger partial charge in [0.1, 0.15) is 0 Å². The average Bonchev–Trinajstić information content (AvgIpc) is 2.88. The highest BCUT2D eigenvalue weighted by atomic mass is 16.5. The molecule has 6 heteroatoms. The van der Waals surface area contributed by atoms with E-state index in [-0.39, 0.29) is 5.56 Å². The minimum atomic E-state index is -0.221. The lowest BCUT2D eigenvalue weighted by Gasteiger charge is -1.95. The van der Waals surface area contributed by atoms with Crippen LogP contribution in [0, 0.1) is 0 Å². The van der Waals surface area contributed by atoms with Gasteiger partial charge in [-0.2, -0.15) is 4.98 Å². The van der Waals surface area contributed by atoms with Crippen LogP contribution in [0.3, 0.4) is 0 Å². The molecule has 0 aliphatic heterocycles. The fourth-order valence-corrected chi connectivity index (χ4v) is 1.71. The second kappa shape index (κ2) is 4.41. The van der Waals surface area contributed by atoms with Gasteiger partial charge in [0.05, 0.1) is 0 Å². The van der Waals surface area contributed by atoms with E-state index in [9.17, 15) is 4.79 Å². The first kappa shape index (κ1) is 11.2. The summed E-state index contributed by atoms with van der Waals surface area (Å²) < 4.78 is 5.15. The molecule has 2 aromatic heterocycles. The van der Waals surface area contributed by atoms with Crippen LogP contribution < -0.4 is 11.3 Å². The summed E-state index contributed by atoms with van der Waals surface area (Å²) in [5, 5.41) is 3.88. The number of aromatic nitrogens is 3. The highest BCUT2D eigenvalue weighted by molar-refractivity contribution is 5.63. The maximum atomic E-state index is 11.2. The van der Waals surface area contributed by atoms with Gasteiger partial charge in [-0.15, -0.1) is 0 Å². The van der Waals surface area contributed by atoms with Crippen molar-refractivity contribution in [3.8, 4) is 22.8 Å². The molecule has 0 amide bonds. The van der Waals surface area contributed by atoms with E-state index in [0.717, 1.165) is 5.56 Å². The molecule has 19 heavy (non-hydrogen) atoms. The fraction of sp³-hybridized carbons (Fsp3) is 0. The summed E-state index contributed by atoms with van der Waals surface area (Å²) >= 11 is 0. The summed E-state index contributed by atoms with van der Waals surface area (Å²) in [6.07, 6.45) is 1.53. The minimum Gasteiger partial charge on any atom is -0.399 e. The molecule has 0 bridgehead atoms. The number of aromatic amines is 1. The SMILES string of the molecule is Nc1cccc(-c2noc(-c3cc[nH]c(=O)c3)n2)c1. The molecular formula is C13H10N4O2. The van der Waals surface area contributed by atoms with Crippen LogP contribution in [0.4, 0.5) is 5.69 Å². The Morgan fingerprint density at radius 3 is 2.84 bits per heavy atom. The van der Waals surface area contributed by atoms with Crippen molar-refractivity contribution in [2.75, 3.05) is 5.73 Å². The zero-order valence-corrected chi connectivity index (χ0v) is 9.83. The van der Waals surface area contributed by atoms with Crippen molar-refractivity contribution in [3.05, 3.63) is 52.9 Å². The zero-order chi connectivity index (χ0) is 13.2. The number of anilines is 1. The molecule has 0 radical (unpaired) electrons. The lowest BCUT2D eigenvalue weighted by atomic mass is 10.2. The third-order valence-corrected chi connectivity index (χ3v) is 2.59. The number of nitrogen functional groups attached to an aromatic ring is 1. The molecule has 2 heterocycles. The van der Waals surface area contributed by atoms with Crippen molar-refractivity contribution >= 4 is 5.69 Å². The molecule has 3 aromatic rings. The number of hydrogen-bond donors (Lipinski definition) is 2. The molecule has 0 saturated heterocycles. The van der Waals surface area contributed by atoms with Gasteiger partial charge >= 0.3 is 0 Å². The maximum absolute atomic E-state index is 11.2. The zero-order valence-electron chi connectivity index (χ0n) is 9.83. The van der Waals surface area contributed by atoms with Gasteiger partial charge in [0.25, 0.3) is 5.89 Å². The third-order valence-electron chi connectivity index (χ3n) is 2.59. The summed E-state index contributed by atoms with van der Waals surface area (Å²) in [6.45, 7) is 0. The number of pyridine rings is 1. The summed E-state index contributed by atoms with van der Waals surface area (Å²) in [5.41, 5.74) is 7.45. The third kappa shape index (κ3) is 2.23. The summed E-state index contributed by atoms with van der Waals surface area (Å²) in [4.78, 5) is 18.0. The van der Waals surface area contributed by atoms with Crippen LogP contribution >= 0.6 is 0 Å². The van der Waals surface area contributed by atoms with Crippen LogP contribution in [0.15, 0.2) is 51.9 Å². The van der Waals surface area contributed by atoms with Gasteiger partial charge in [-0.3, -0.25) is 4.79 Å². The van der Waals surface area contributed by atoms with Gasteiger partial charge < -0.3 is 15.2 Å². The average molecular weight is 254 g/mol. The molecule has 0 fully saturated rings. The highest BCUT2D eigenvalue weighted by Gasteiger charge is 2.10. The predicted octanol–water partition coefficient (Wildman–Crippen LogP) is 1.67. The number of benzene rings is 1. The first-order valence-corrected chi connectivity index (χ1v) is 5.61. The first-order valence-electron chi connectivity index (χ1n) is 5.61. The van der Waals surface area contributed by atoms with E-state index in [0.29, 0.717) is 23.0 Å². The molecule has 3 N–H and O–H groups in total. The van der Waals surface area contributed by atoms with E-state index in [1.165, 1.54) is 12.3 Å². The van der Waals surface area contributed by atoms with Gasteiger partial charge in [0.15, 0.2) is 0 Å². The van der Waals surface area contributed by atoms with Gasteiger partial charge in [-0.25, -0.2) is 0 Å². The summed E-state index contributed by atoms with van der Waals surface area (Å²) in [7, 11) is 0. The van der Waals surface area contributed by atoms with Gasteiger partial charge in [0.2, 0.25) is 11.4 Å². The van der Waals surface area contributed by atoms with E-state index in [1.54, 1.807) is 18.2 Å². The smallest absolute Gasteiger partial charge is 0.258 e. The number of H-pyrrole nitrogens is 1. The number of nitrogens with zero attached hydrogens (tertiary/aromatic N) is 2. The Labute approximate surface area is 107 Å². The quantitative estimate of drug-likeness (QED) is 0.678. The van der Waals surface area contributed by atoms with E-state index in [2.05, 4.69) is 15.1 Å². The normalized spacial score (nSPS) is 10.5. The van der Waals surface area contributed by atoms with Crippen molar-refractivity contribution in [3.63, 3.8) is 0 Å². The second-order valence-electron chi connectivity index (χ2n) is 3.99. The van der Waals surface area contributed by atoms with Crippen molar-refractivity contribution < 1.29 is 4.52 Å². The van der Waals surface area contributed by atoms with Gasteiger partial charge in [0, 0.05) is 29.1 Å². The lowest BCUT2D eigenvalue weighted by Crippen LogP contribution is -2.01. The van der Waals surface area contributed by atoms with Crippen LogP contribution in [0.5, 0.6) is 0 Å². The molecule has 3 rings (SSSR count). The Kier molecular flexibility index (Phi) is 2.60. The Morgan fingerprint density at radius 1 is 1.16 bits per heavy atom. The van der Waals surface area contributed by atoms with Crippen LogP contribution in [0.2, 0.25) is 0 Å². The molecule has 94 valence electrons. The van der Waals surface area contributed by atoms with Crippen molar-refractivity contribution in [2.24, 2.45) is 0 Å². The topological polar surface area (TPSA) is 97.8 Å². The minimum absolute atomic E-state index is 0.221. The van der Waals surface area contributed by atoms with E-state index >= 15 is 0 Å². The molecule has 6 nitrogen and oxygen atoms in total. The summed E-state index contributed by atoms with van der Waals surface area (Å²) in [6, 6.07) is 10.3. The van der Waals surface area contributed by atoms with Crippen molar-refractivity contribution in [2.45, 2.75) is 0 Å². The fourth-order valence-electron chi connectivity index (χ4n) is 1.71. The Balaban J connectivity index is 2.02. The van der Waals surface area contributed by atoms with E-state index in [4.69, 9.17) is 10.3 Å². The monoisotopic (exact) mass is 254 g/mol. The predicted molar refractivity (Wildman–Crippen MR) is 70.2 cm³/mol. The first-order chi connectivity index (χ1) is 9.22. The molecule has 0 unspecified atom stereocenters. The number of nitrogens with two attached hydrogens (primary N) is 1. The summed E-state index contributed by atoms with van der Waals surface area (Å²) in [5.74, 6) is 0.728. The Bertz CT molecular complexity index is 776. The number of rotatable bonds is 2. The van der Waals surface area contributed by atoms with Crippen molar-refractivity contribution in [1.82, 2.24) is 15.1 Å². The molecule has 0 spiro atoms. The second-order valence-corrected chi connectivity index (χ2v) is 3.99. The molecule has 0 saturated carbocycles. The molecule has 0 atom stereocenters. The van der Waals surface area contributed by atoms with Crippen LogP contribution in [-0.4, -0.2) is 15.1 Å². The number of hydrogen-bond acceptors (Lipinski definition) is 5. The highest BCUT2D eigenvalue weighted by Crippen LogP contribution is 2.22.